The molecule has 28 heavy (non-hydrogen) atoms. The van der Waals surface area contributed by atoms with E-state index in [9.17, 15) is 4.79 Å². The van der Waals surface area contributed by atoms with Crippen molar-refractivity contribution in [3.8, 4) is 0 Å². The van der Waals surface area contributed by atoms with Crippen molar-refractivity contribution in [3.63, 3.8) is 0 Å². The zero-order chi connectivity index (χ0) is 20.7. The standard InChI is InChI=1S/C24H31N3O/c1-7-27(8-2)22-13-11-21(12-14-22)10-9-15-26(6)25-24(28)23-19(4)16-18(3)17-20(23)5/h9-17H,6-8H2,1-5H3,(H,25,28)/b10-9+. The highest BCUT2D eigenvalue weighted by Gasteiger charge is 2.15. The lowest BCUT2D eigenvalue weighted by atomic mass is 9.99. The molecule has 0 saturated carbocycles. The van der Waals surface area contributed by atoms with Gasteiger partial charge in [0.15, 0.2) is 0 Å². The number of hydrogen-bond donors (Lipinski definition) is 1. The molecule has 1 N–H and O–H groups in total. The first-order chi connectivity index (χ1) is 13.3. The van der Waals surface area contributed by atoms with Gasteiger partial charge in [0.2, 0.25) is 0 Å². The summed E-state index contributed by atoms with van der Waals surface area (Å²) in [6.45, 7) is 17.8. The highest BCUT2D eigenvalue weighted by Crippen LogP contribution is 2.17. The topological polar surface area (TPSA) is 35.4 Å². The summed E-state index contributed by atoms with van der Waals surface area (Å²) < 4.78 is 1.43. The van der Waals surface area contributed by atoms with Crippen LogP contribution >= 0.6 is 0 Å². The second-order valence-electron chi connectivity index (χ2n) is 6.96. The van der Waals surface area contributed by atoms with Crippen molar-refractivity contribution < 1.29 is 9.48 Å². The Morgan fingerprint density at radius 1 is 1.11 bits per heavy atom. The Bertz CT molecular complexity index is 839. The van der Waals surface area contributed by atoms with E-state index in [0.717, 1.165) is 35.3 Å². The van der Waals surface area contributed by atoms with Crippen LogP contribution in [0.1, 0.15) is 46.5 Å². The van der Waals surface area contributed by atoms with Crippen molar-refractivity contribution in [3.05, 3.63) is 76.8 Å². The molecular formula is C24H31N3O. The van der Waals surface area contributed by atoms with Crippen LogP contribution in [0.5, 0.6) is 0 Å². The van der Waals surface area contributed by atoms with Gasteiger partial charge >= 0.3 is 5.91 Å². The summed E-state index contributed by atoms with van der Waals surface area (Å²) in [5.74, 6) is -0.154. The van der Waals surface area contributed by atoms with Gasteiger partial charge in [-0.2, -0.15) is 4.68 Å². The molecule has 0 radical (unpaired) electrons. The summed E-state index contributed by atoms with van der Waals surface area (Å²) in [4.78, 5) is 14.9. The number of hydrogen-bond acceptors (Lipinski definition) is 2. The normalized spacial score (nSPS) is 10.8. The first kappa shape index (κ1) is 21.3. The third-order valence-electron chi connectivity index (χ3n) is 4.73. The fourth-order valence-electron chi connectivity index (χ4n) is 3.40. The predicted molar refractivity (Wildman–Crippen MR) is 119 cm³/mol. The SMILES string of the molecule is C=[N+]([CH-]/C=C/c1ccc(N(CC)CC)cc1)NC(=O)c1c(C)cc(C)cc1C. The van der Waals surface area contributed by atoms with Crippen LogP contribution in [0.2, 0.25) is 0 Å². The van der Waals surface area contributed by atoms with Gasteiger partial charge in [-0.3, -0.25) is 4.79 Å². The first-order valence-corrected chi connectivity index (χ1v) is 9.70. The molecule has 4 nitrogen and oxygen atoms in total. The summed E-state index contributed by atoms with van der Waals surface area (Å²) in [6.07, 6.45) is 3.85. The summed E-state index contributed by atoms with van der Waals surface area (Å²) in [5.41, 5.74) is 8.89. The van der Waals surface area contributed by atoms with Crippen LogP contribution in [-0.4, -0.2) is 30.4 Å². The highest BCUT2D eigenvalue weighted by molar-refractivity contribution is 5.96. The molecule has 148 valence electrons. The van der Waals surface area contributed by atoms with Crippen LogP contribution in [-0.2, 0) is 0 Å². The smallest absolute Gasteiger partial charge is 0.304 e. The van der Waals surface area contributed by atoms with E-state index in [4.69, 9.17) is 0 Å². The van der Waals surface area contributed by atoms with Crippen molar-refractivity contribution in [2.24, 2.45) is 0 Å². The number of amides is 1. The number of aryl methyl sites for hydroxylation is 3. The number of hydrazone groups is 1. The predicted octanol–water partition coefficient (Wildman–Crippen LogP) is 4.69. The molecule has 0 fully saturated rings. The fraction of sp³-hybridized carbons (Fsp3) is 0.292. The Kier molecular flexibility index (Phi) is 7.44. The van der Waals surface area contributed by atoms with Crippen LogP contribution in [0.25, 0.3) is 6.08 Å². The number of rotatable bonds is 8. The summed E-state index contributed by atoms with van der Waals surface area (Å²) in [5, 5.41) is 0. The van der Waals surface area contributed by atoms with E-state index in [0.29, 0.717) is 5.56 Å². The molecule has 0 aromatic heterocycles. The van der Waals surface area contributed by atoms with Gasteiger partial charge in [0.25, 0.3) is 0 Å². The highest BCUT2D eigenvalue weighted by atomic mass is 16.2. The molecule has 2 aromatic rings. The number of hydrazine groups is 1. The second-order valence-corrected chi connectivity index (χ2v) is 6.96. The molecule has 0 bridgehead atoms. The Labute approximate surface area is 169 Å². The summed E-state index contributed by atoms with van der Waals surface area (Å²) in [6, 6.07) is 12.5. The van der Waals surface area contributed by atoms with Crippen LogP contribution < -0.4 is 10.3 Å². The van der Waals surface area contributed by atoms with E-state index in [2.05, 4.69) is 55.2 Å². The number of carbonyl (C=O) groups excluding carboxylic acids is 1. The van der Waals surface area contributed by atoms with Crippen LogP contribution in [0.3, 0.4) is 0 Å². The monoisotopic (exact) mass is 377 g/mol. The maximum absolute atomic E-state index is 12.6. The van der Waals surface area contributed by atoms with Crippen molar-refractivity contribution in [1.82, 2.24) is 5.43 Å². The van der Waals surface area contributed by atoms with Gasteiger partial charge in [-0.05, 0) is 57.9 Å². The number of nitrogens with one attached hydrogen (secondary N) is 1. The van der Waals surface area contributed by atoms with Gasteiger partial charge in [-0.25, -0.2) is 0 Å². The molecule has 0 unspecified atom stereocenters. The maximum Gasteiger partial charge on any atom is 0.304 e. The molecule has 1 amide bonds. The van der Waals surface area contributed by atoms with Crippen molar-refractivity contribution in [2.45, 2.75) is 34.6 Å². The molecule has 0 saturated heterocycles. The van der Waals surface area contributed by atoms with E-state index in [1.54, 1.807) is 6.54 Å². The molecule has 0 spiro atoms. The number of carbonyl (C=O) groups is 1. The molecule has 2 rings (SSSR count). The third kappa shape index (κ3) is 5.49. The zero-order valence-corrected chi connectivity index (χ0v) is 17.6. The van der Waals surface area contributed by atoms with Gasteiger partial charge in [-0.15, -0.1) is 17.6 Å². The molecule has 0 heterocycles. The van der Waals surface area contributed by atoms with E-state index in [1.807, 2.05) is 45.1 Å². The largest absolute Gasteiger partial charge is 0.372 e. The molecule has 0 aliphatic heterocycles. The van der Waals surface area contributed by atoms with E-state index < -0.39 is 0 Å². The molecule has 0 aliphatic carbocycles. The first-order valence-electron chi connectivity index (χ1n) is 9.70. The van der Waals surface area contributed by atoms with Crippen molar-refractivity contribution in [2.75, 3.05) is 18.0 Å². The number of benzene rings is 2. The fourth-order valence-corrected chi connectivity index (χ4v) is 3.40. The van der Waals surface area contributed by atoms with Gasteiger partial charge in [-0.1, -0.05) is 35.4 Å². The maximum atomic E-state index is 12.6. The molecule has 4 heteroatoms. The minimum absolute atomic E-state index is 0.154. The second kappa shape index (κ2) is 9.79. The lowest BCUT2D eigenvalue weighted by Gasteiger charge is -2.21. The van der Waals surface area contributed by atoms with Crippen molar-refractivity contribution >= 4 is 24.4 Å². The molecule has 2 aromatic carbocycles. The third-order valence-corrected chi connectivity index (χ3v) is 4.73. The Hall–Kier alpha value is -3.01. The summed E-state index contributed by atoms with van der Waals surface area (Å²) >= 11 is 0. The number of nitrogens with zero attached hydrogens (tertiary/aromatic N) is 2. The minimum Gasteiger partial charge on any atom is -0.372 e. The lowest BCUT2D eigenvalue weighted by Crippen LogP contribution is -2.32. The Balaban J connectivity index is 1.94. The van der Waals surface area contributed by atoms with E-state index in [-0.39, 0.29) is 5.91 Å². The number of anilines is 1. The molecule has 0 aliphatic rings. The van der Waals surface area contributed by atoms with Crippen LogP contribution in [0.15, 0.2) is 42.5 Å². The van der Waals surface area contributed by atoms with E-state index >= 15 is 0 Å². The molecule has 0 atom stereocenters. The van der Waals surface area contributed by atoms with Gasteiger partial charge < -0.3 is 4.90 Å². The quantitative estimate of drug-likeness (QED) is 0.313. The van der Waals surface area contributed by atoms with Gasteiger partial charge in [0.05, 0.1) is 18.8 Å². The van der Waals surface area contributed by atoms with Crippen molar-refractivity contribution in [1.29, 1.82) is 0 Å². The van der Waals surface area contributed by atoms with Crippen LogP contribution in [0.4, 0.5) is 5.69 Å². The Morgan fingerprint density at radius 3 is 2.21 bits per heavy atom. The summed E-state index contributed by atoms with van der Waals surface area (Å²) in [7, 11) is 0. The Morgan fingerprint density at radius 2 is 1.68 bits per heavy atom. The van der Waals surface area contributed by atoms with Crippen LogP contribution in [0, 0.1) is 27.3 Å². The molecular weight excluding hydrogens is 346 g/mol. The van der Waals surface area contributed by atoms with E-state index in [1.165, 1.54) is 10.4 Å². The van der Waals surface area contributed by atoms with Gasteiger partial charge in [0, 0.05) is 18.8 Å². The zero-order valence-electron chi connectivity index (χ0n) is 17.6. The average Bonchev–Trinajstić information content (AvgIpc) is 2.63. The van der Waals surface area contributed by atoms with Gasteiger partial charge in [0.1, 0.15) is 0 Å². The minimum atomic E-state index is -0.154. The average molecular weight is 378 g/mol. The lowest BCUT2D eigenvalue weighted by molar-refractivity contribution is -0.519.